The van der Waals surface area contributed by atoms with Gasteiger partial charge in [0.15, 0.2) is 5.16 Å². The molecule has 162 valence electrons. The number of hydrogen-bond donors (Lipinski definition) is 1. The van der Waals surface area contributed by atoms with Crippen molar-refractivity contribution >= 4 is 57.9 Å². The Labute approximate surface area is 203 Å². The number of rotatable bonds is 8. The molecule has 0 radical (unpaired) electrons. The summed E-state index contributed by atoms with van der Waals surface area (Å²) in [6, 6.07) is 16.1. The minimum absolute atomic E-state index is 0.168. The van der Waals surface area contributed by atoms with E-state index in [-0.39, 0.29) is 11.7 Å². The maximum atomic E-state index is 12.2. The highest BCUT2D eigenvalue weighted by Gasteiger charge is 2.11. The summed E-state index contributed by atoms with van der Waals surface area (Å²) < 4.78 is 5.74. The Morgan fingerprint density at radius 3 is 2.78 bits per heavy atom. The molecule has 0 saturated carbocycles. The van der Waals surface area contributed by atoms with Gasteiger partial charge in [-0.05, 0) is 36.4 Å². The molecule has 0 aliphatic heterocycles. The summed E-state index contributed by atoms with van der Waals surface area (Å²) in [6.07, 6.45) is 1.65. The molecule has 0 fully saturated rings. The first-order valence-electron chi connectivity index (χ1n) is 9.40. The van der Waals surface area contributed by atoms with Crippen molar-refractivity contribution in [3.63, 3.8) is 0 Å². The highest BCUT2D eigenvalue weighted by atomic mass is 35.5. The SMILES string of the molecule is O=C(CSc1nccc(-c2csc(COc3ccccc3Cl)n2)n1)Nc1cccc(Cl)c1. The number of benzene rings is 2. The van der Waals surface area contributed by atoms with Crippen molar-refractivity contribution in [2.75, 3.05) is 11.1 Å². The van der Waals surface area contributed by atoms with E-state index in [9.17, 15) is 4.79 Å². The zero-order valence-electron chi connectivity index (χ0n) is 16.5. The van der Waals surface area contributed by atoms with Crippen LogP contribution < -0.4 is 10.1 Å². The van der Waals surface area contributed by atoms with Gasteiger partial charge in [-0.2, -0.15) is 0 Å². The number of anilines is 1. The summed E-state index contributed by atoms with van der Waals surface area (Å²) in [5, 5.41) is 7.12. The van der Waals surface area contributed by atoms with Crippen molar-refractivity contribution in [3.8, 4) is 17.1 Å². The maximum absolute atomic E-state index is 12.2. The molecule has 10 heteroatoms. The van der Waals surface area contributed by atoms with Crippen LogP contribution in [0.25, 0.3) is 11.4 Å². The number of para-hydroxylation sites is 1. The van der Waals surface area contributed by atoms with Gasteiger partial charge in [0.2, 0.25) is 5.91 Å². The number of nitrogens with zero attached hydrogens (tertiary/aromatic N) is 3. The van der Waals surface area contributed by atoms with Crippen molar-refractivity contribution in [2.24, 2.45) is 0 Å². The number of thiazole rings is 1. The average molecular weight is 503 g/mol. The molecule has 0 atom stereocenters. The second kappa shape index (κ2) is 10.8. The van der Waals surface area contributed by atoms with Crippen LogP contribution in [-0.4, -0.2) is 26.6 Å². The average Bonchev–Trinajstić information content (AvgIpc) is 3.27. The van der Waals surface area contributed by atoms with E-state index in [2.05, 4.69) is 20.3 Å². The minimum Gasteiger partial charge on any atom is -0.485 e. The van der Waals surface area contributed by atoms with Crippen LogP contribution in [0.15, 0.2) is 71.3 Å². The number of carbonyl (C=O) groups is 1. The second-order valence-electron chi connectivity index (χ2n) is 6.42. The molecule has 2 aromatic carbocycles. The lowest BCUT2D eigenvalue weighted by Gasteiger charge is -2.06. The summed E-state index contributed by atoms with van der Waals surface area (Å²) >= 11 is 14.8. The number of carbonyl (C=O) groups excluding carboxylic acids is 1. The van der Waals surface area contributed by atoms with Gasteiger partial charge in [-0.15, -0.1) is 11.3 Å². The molecular formula is C22H16Cl2N4O2S2. The van der Waals surface area contributed by atoms with E-state index in [4.69, 9.17) is 27.9 Å². The smallest absolute Gasteiger partial charge is 0.234 e. The Morgan fingerprint density at radius 2 is 1.94 bits per heavy atom. The van der Waals surface area contributed by atoms with Gasteiger partial charge in [0.05, 0.1) is 16.5 Å². The number of aromatic nitrogens is 3. The van der Waals surface area contributed by atoms with E-state index in [0.29, 0.717) is 38.9 Å². The lowest BCUT2D eigenvalue weighted by atomic mass is 10.3. The van der Waals surface area contributed by atoms with Crippen molar-refractivity contribution < 1.29 is 9.53 Å². The fourth-order valence-electron chi connectivity index (χ4n) is 2.64. The van der Waals surface area contributed by atoms with Gasteiger partial charge in [-0.3, -0.25) is 4.79 Å². The van der Waals surface area contributed by atoms with Crippen LogP contribution in [-0.2, 0) is 11.4 Å². The molecule has 0 unspecified atom stereocenters. The number of nitrogens with one attached hydrogen (secondary N) is 1. The highest BCUT2D eigenvalue weighted by Crippen LogP contribution is 2.26. The first kappa shape index (κ1) is 22.5. The Hall–Kier alpha value is -2.65. The predicted octanol–water partition coefficient (Wildman–Crippen LogP) is 6.22. The molecule has 0 saturated heterocycles. The van der Waals surface area contributed by atoms with Crippen molar-refractivity contribution in [3.05, 3.63) is 81.2 Å². The Bertz CT molecular complexity index is 1240. The monoisotopic (exact) mass is 502 g/mol. The lowest BCUT2D eigenvalue weighted by Crippen LogP contribution is -2.14. The third-order valence-corrected chi connectivity index (χ3v) is 6.31. The van der Waals surface area contributed by atoms with Gasteiger partial charge in [0.25, 0.3) is 0 Å². The van der Waals surface area contributed by atoms with Crippen molar-refractivity contribution in [2.45, 2.75) is 11.8 Å². The van der Waals surface area contributed by atoms with Crippen LogP contribution in [0.1, 0.15) is 5.01 Å². The minimum atomic E-state index is -0.168. The first-order chi connectivity index (χ1) is 15.6. The summed E-state index contributed by atoms with van der Waals surface area (Å²) in [5.74, 6) is 0.617. The Kier molecular flexibility index (Phi) is 7.59. The number of ether oxygens (including phenoxy) is 1. The summed E-state index contributed by atoms with van der Waals surface area (Å²) in [7, 11) is 0. The topological polar surface area (TPSA) is 77.0 Å². The van der Waals surface area contributed by atoms with E-state index < -0.39 is 0 Å². The normalized spacial score (nSPS) is 10.7. The van der Waals surface area contributed by atoms with Gasteiger partial charge in [0.1, 0.15) is 23.1 Å². The van der Waals surface area contributed by atoms with E-state index in [0.717, 1.165) is 10.7 Å². The van der Waals surface area contributed by atoms with Gasteiger partial charge in [0, 0.05) is 22.3 Å². The second-order valence-corrected chi connectivity index (χ2v) is 9.15. The van der Waals surface area contributed by atoms with Gasteiger partial charge < -0.3 is 10.1 Å². The molecule has 0 bridgehead atoms. The molecule has 1 N–H and O–H groups in total. The third-order valence-electron chi connectivity index (χ3n) is 4.08. The molecule has 4 aromatic rings. The maximum Gasteiger partial charge on any atom is 0.234 e. The third kappa shape index (κ3) is 6.20. The predicted molar refractivity (Wildman–Crippen MR) is 130 cm³/mol. The molecule has 0 aliphatic rings. The summed E-state index contributed by atoms with van der Waals surface area (Å²) in [6.45, 7) is 0.310. The highest BCUT2D eigenvalue weighted by molar-refractivity contribution is 7.99. The standard InChI is InChI=1S/C22H16Cl2N4O2S2/c23-14-4-3-5-15(10-14)26-20(29)13-32-22-25-9-8-17(28-22)18-12-31-21(27-18)11-30-19-7-2-1-6-16(19)24/h1-10,12H,11,13H2,(H,26,29). The van der Waals surface area contributed by atoms with Gasteiger partial charge >= 0.3 is 0 Å². The fraction of sp³-hybridized carbons (Fsp3) is 0.0909. The quantitative estimate of drug-likeness (QED) is 0.227. The van der Waals surface area contributed by atoms with E-state index in [1.807, 2.05) is 23.6 Å². The van der Waals surface area contributed by atoms with E-state index >= 15 is 0 Å². The lowest BCUT2D eigenvalue weighted by molar-refractivity contribution is -0.113. The molecule has 32 heavy (non-hydrogen) atoms. The summed E-state index contributed by atoms with van der Waals surface area (Å²) in [5.41, 5.74) is 2.05. The molecule has 0 aliphatic carbocycles. The van der Waals surface area contributed by atoms with Crippen LogP contribution >= 0.6 is 46.3 Å². The number of hydrogen-bond acceptors (Lipinski definition) is 7. The molecule has 0 spiro atoms. The van der Waals surface area contributed by atoms with Crippen molar-refractivity contribution in [1.82, 2.24) is 15.0 Å². The number of halogens is 2. The summed E-state index contributed by atoms with van der Waals surface area (Å²) in [4.78, 5) is 25.5. The molecule has 2 heterocycles. The Balaban J connectivity index is 1.34. The molecular weight excluding hydrogens is 487 g/mol. The van der Waals surface area contributed by atoms with Gasteiger partial charge in [-0.1, -0.05) is 53.2 Å². The van der Waals surface area contributed by atoms with Crippen molar-refractivity contribution in [1.29, 1.82) is 0 Å². The largest absolute Gasteiger partial charge is 0.485 e. The molecule has 1 amide bonds. The van der Waals surface area contributed by atoms with Gasteiger partial charge in [-0.25, -0.2) is 15.0 Å². The van der Waals surface area contributed by atoms with Crippen LogP contribution in [0.4, 0.5) is 5.69 Å². The molecule has 6 nitrogen and oxygen atoms in total. The van der Waals surface area contributed by atoms with E-state index in [1.165, 1.54) is 23.1 Å². The van der Waals surface area contributed by atoms with Crippen LogP contribution in [0.5, 0.6) is 5.75 Å². The number of amides is 1. The zero-order valence-corrected chi connectivity index (χ0v) is 19.6. The number of thioether (sulfide) groups is 1. The van der Waals surface area contributed by atoms with E-state index in [1.54, 1.807) is 42.6 Å². The molecule has 2 aromatic heterocycles. The fourth-order valence-corrected chi connectivity index (χ4v) is 4.35. The molecule has 4 rings (SSSR count). The van der Waals surface area contributed by atoms with Crippen LogP contribution in [0.3, 0.4) is 0 Å². The van der Waals surface area contributed by atoms with Crippen LogP contribution in [0.2, 0.25) is 10.0 Å². The zero-order chi connectivity index (χ0) is 22.3. The first-order valence-corrected chi connectivity index (χ1v) is 12.0. The van der Waals surface area contributed by atoms with Crippen LogP contribution in [0, 0.1) is 0 Å². The Morgan fingerprint density at radius 1 is 1.06 bits per heavy atom.